The van der Waals surface area contributed by atoms with Gasteiger partial charge in [-0.2, -0.15) is 4.52 Å². The van der Waals surface area contributed by atoms with Crippen LogP contribution in [0.4, 0.5) is 20.5 Å². The monoisotopic (exact) mass is 444 g/mol. The first-order chi connectivity index (χ1) is 16.0. The van der Waals surface area contributed by atoms with Crippen molar-refractivity contribution in [2.24, 2.45) is 0 Å². The van der Waals surface area contributed by atoms with Crippen LogP contribution in [0.25, 0.3) is 28.0 Å². The molecule has 0 aliphatic carbocycles. The quantitative estimate of drug-likeness (QED) is 0.425. The molecule has 164 valence electrons. The highest BCUT2D eigenvalue weighted by atomic mass is 19.1. The lowest BCUT2D eigenvalue weighted by molar-refractivity contribution is 0.601. The maximum absolute atomic E-state index is 14.1. The molecule has 0 spiro atoms. The smallest absolute Gasteiger partial charge is 0.223 e. The zero-order chi connectivity index (χ0) is 22.9. The number of hydrogen-bond donors (Lipinski definition) is 2. The van der Waals surface area contributed by atoms with E-state index in [2.05, 4.69) is 30.4 Å². The molecule has 1 aromatic carbocycles. The number of pyridine rings is 2. The van der Waals surface area contributed by atoms with E-state index in [1.807, 2.05) is 12.1 Å². The van der Waals surface area contributed by atoms with Gasteiger partial charge in [-0.05, 0) is 54.1 Å². The summed E-state index contributed by atoms with van der Waals surface area (Å²) in [6.45, 7) is 0. The zero-order valence-corrected chi connectivity index (χ0v) is 17.5. The van der Waals surface area contributed by atoms with Crippen LogP contribution in [0.1, 0.15) is 11.5 Å². The van der Waals surface area contributed by atoms with Crippen LogP contribution in [0.2, 0.25) is 0 Å². The van der Waals surface area contributed by atoms with Crippen LogP contribution < -0.4 is 11.1 Å². The fourth-order valence-electron chi connectivity index (χ4n) is 3.58. The minimum atomic E-state index is -0.442. The number of nitrogens with zero attached hydrogens (tertiary/aromatic N) is 6. The molecule has 33 heavy (non-hydrogen) atoms. The van der Waals surface area contributed by atoms with Crippen LogP contribution in [0, 0.1) is 11.6 Å². The summed E-state index contributed by atoms with van der Waals surface area (Å²) in [4.78, 5) is 17.6. The van der Waals surface area contributed by atoms with Crippen molar-refractivity contribution in [3.8, 4) is 22.4 Å². The van der Waals surface area contributed by atoms with E-state index >= 15 is 0 Å². The highest BCUT2D eigenvalue weighted by Crippen LogP contribution is 2.35. The molecular formula is C23H18F2N8. The molecular weight excluding hydrogens is 426 g/mol. The van der Waals surface area contributed by atoms with Gasteiger partial charge < -0.3 is 11.1 Å². The zero-order valence-electron chi connectivity index (χ0n) is 17.5. The minimum Gasteiger partial charge on any atom is -0.373 e. The van der Waals surface area contributed by atoms with Gasteiger partial charge in [-0.3, -0.25) is 4.98 Å². The summed E-state index contributed by atoms with van der Waals surface area (Å²) in [6.07, 6.45) is 3.25. The van der Waals surface area contributed by atoms with Crippen molar-refractivity contribution in [3.05, 3.63) is 84.1 Å². The maximum atomic E-state index is 14.1. The lowest BCUT2D eigenvalue weighted by Gasteiger charge is -2.12. The number of nitrogens with two attached hydrogens (primary N) is 1. The molecule has 0 unspecified atom stereocenters. The Morgan fingerprint density at radius 2 is 1.79 bits per heavy atom. The predicted molar refractivity (Wildman–Crippen MR) is 120 cm³/mol. The Kier molecular flexibility index (Phi) is 5.09. The van der Waals surface area contributed by atoms with E-state index < -0.39 is 5.82 Å². The van der Waals surface area contributed by atoms with Crippen molar-refractivity contribution < 1.29 is 8.78 Å². The van der Waals surface area contributed by atoms with Gasteiger partial charge in [-0.25, -0.2) is 23.7 Å². The summed E-state index contributed by atoms with van der Waals surface area (Å²) in [7, 11) is 1.76. The molecule has 0 aliphatic heterocycles. The third-order valence-electron chi connectivity index (χ3n) is 5.14. The molecule has 0 bridgehead atoms. The van der Waals surface area contributed by atoms with E-state index in [0.717, 1.165) is 5.56 Å². The average Bonchev–Trinajstić information content (AvgIpc) is 3.25. The number of nitrogen functional groups attached to an aromatic ring is 1. The molecule has 0 saturated carbocycles. The number of anilines is 2. The molecule has 0 aliphatic rings. The van der Waals surface area contributed by atoms with Gasteiger partial charge in [-0.1, -0.05) is 0 Å². The van der Waals surface area contributed by atoms with Crippen LogP contribution in [0.5, 0.6) is 0 Å². The molecule has 0 saturated heterocycles. The van der Waals surface area contributed by atoms with Crippen LogP contribution in [-0.4, -0.2) is 36.6 Å². The van der Waals surface area contributed by atoms with Crippen molar-refractivity contribution in [1.29, 1.82) is 0 Å². The summed E-state index contributed by atoms with van der Waals surface area (Å²) in [5, 5.41) is 7.46. The summed E-state index contributed by atoms with van der Waals surface area (Å²) in [5.41, 5.74) is 9.44. The second-order valence-corrected chi connectivity index (χ2v) is 7.25. The second-order valence-electron chi connectivity index (χ2n) is 7.25. The van der Waals surface area contributed by atoms with E-state index in [4.69, 9.17) is 5.73 Å². The number of rotatable bonds is 5. The highest BCUT2D eigenvalue weighted by molar-refractivity contribution is 5.91. The first-order valence-corrected chi connectivity index (χ1v) is 10.1. The van der Waals surface area contributed by atoms with E-state index in [1.165, 1.54) is 35.0 Å². The number of hydrogen-bond acceptors (Lipinski definition) is 7. The van der Waals surface area contributed by atoms with Gasteiger partial charge in [0.2, 0.25) is 5.95 Å². The lowest BCUT2D eigenvalue weighted by Crippen LogP contribution is -2.06. The van der Waals surface area contributed by atoms with Crippen LogP contribution in [0.15, 0.2) is 60.9 Å². The van der Waals surface area contributed by atoms with Crippen LogP contribution in [-0.2, 0) is 6.42 Å². The van der Waals surface area contributed by atoms with E-state index in [0.29, 0.717) is 34.1 Å². The third-order valence-corrected chi connectivity index (χ3v) is 5.14. The van der Waals surface area contributed by atoms with Gasteiger partial charge in [0.25, 0.3) is 0 Å². The lowest BCUT2D eigenvalue weighted by atomic mass is 10.0. The highest BCUT2D eigenvalue weighted by Gasteiger charge is 2.21. The Balaban J connectivity index is 1.75. The molecule has 3 N–H and O–H groups in total. The van der Waals surface area contributed by atoms with Gasteiger partial charge in [0.1, 0.15) is 17.5 Å². The Hall–Kier alpha value is -4.47. The second kappa shape index (κ2) is 8.23. The van der Waals surface area contributed by atoms with E-state index in [-0.39, 0.29) is 23.9 Å². The summed E-state index contributed by atoms with van der Waals surface area (Å²) in [5.74, 6) is 0.265. The predicted octanol–water partition coefficient (Wildman–Crippen LogP) is 3.74. The number of fused-ring (bicyclic) bond motifs is 1. The van der Waals surface area contributed by atoms with Gasteiger partial charge in [0.05, 0.1) is 23.4 Å². The first kappa shape index (κ1) is 20.4. The molecule has 4 aromatic heterocycles. The van der Waals surface area contributed by atoms with Crippen molar-refractivity contribution in [1.82, 2.24) is 29.5 Å². The Labute approximate surface area is 187 Å². The van der Waals surface area contributed by atoms with E-state index in [9.17, 15) is 8.78 Å². The first-order valence-electron chi connectivity index (χ1n) is 10.1. The number of aromatic nitrogens is 6. The topological polar surface area (TPSA) is 107 Å². The minimum absolute atomic E-state index is 0.0806. The SMILES string of the molecule is CNc1cc(-c2c(-c3ccc(F)cc3)nc(N)n3nc(Cc4ncccc4F)nc23)ccn1. The molecule has 10 heteroatoms. The molecule has 5 aromatic rings. The summed E-state index contributed by atoms with van der Waals surface area (Å²) >= 11 is 0. The summed E-state index contributed by atoms with van der Waals surface area (Å²) < 4.78 is 29.1. The molecule has 5 rings (SSSR count). The van der Waals surface area contributed by atoms with Crippen LogP contribution in [0.3, 0.4) is 0 Å². The van der Waals surface area contributed by atoms with Crippen molar-refractivity contribution in [3.63, 3.8) is 0 Å². The largest absolute Gasteiger partial charge is 0.373 e. The van der Waals surface area contributed by atoms with Gasteiger partial charge in [0, 0.05) is 25.0 Å². The molecule has 0 radical (unpaired) electrons. The number of benzene rings is 1. The standard InChI is InChI=1S/C23H18F2N8/c1-27-18-11-14(8-10-29-18)20-21(13-4-6-15(24)7-5-13)31-23(26)33-22(20)30-19(32-33)12-17-16(25)3-2-9-28-17/h2-11H,12H2,1H3,(H2,26,31)(H,27,29). The Morgan fingerprint density at radius 1 is 0.970 bits per heavy atom. The number of halogens is 2. The average molecular weight is 444 g/mol. The molecule has 0 amide bonds. The Bertz CT molecular complexity index is 1460. The molecule has 0 atom stereocenters. The van der Waals surface area contributed by atoms with Gasteiger partial charge in [0.15, 0.2) is 11.5 Å². The number of nitrogens with one attached hydrogen (secondary N) is 1. The maximum Gasteiger partial charge on any atom is 0.223 e. The normalized spacial score (nSPS) is 11.1. The molecule has 0 fully saturated rings. The molecule has 4 heterocycles. The fourth-order valence-corrected chi connectivity index (χ4v) is 3.58. The Morgan fingerprint density at radius 3 is 2.55 bits per heavy atom. The summed E-state index contributed by atoms with van der Waals surface area (Å²) in [6, 6.07) is 12.5. The van der Waals surface area contributed by atoms with Gasteiger partial charge >= 0.3 is 0 Å². The van der Waals surface area contributed by atoms with E-state index in [1.54, 1.807) is 25.4 Å². The van der Waals surface area contributed by atoms with Crippen molar-refractivity contribution in [2.75, 3.05) is 18.1 Å². The third kappa shape index (κ3) is 3.82. The fraction of sp³-hybridized carbons (Fsp3) is 0.0870. The van der Waals surface area contributed by atoms with Crippen molar-refractivity contribution in [2.45, 2.75) is 6.42 Å². The van der Waals surface area contributed by atoms with Gasteiger partial charge in [-0.15, -0.1) is 5.10 Å². The van der Waals surface area contributed by atoms with Crippen LogP contribution >= 0.6 is 0 Å². The van der Waals surface area contributed by atoms with Crippen molar-refractivity contribution >= 4 is 17.4 Å². The molecule has 8 nitrogen and oxygen atoms in total.